The molecule has 0 saturated heterocycles. The van der Waals surface area contributed by atoms with Crippen LogP contribution in [0.4, 0.5) is 54.0 Å². The fourth-order valence-electron chi connectivity index (χ4n) is 16.5. The number of halogens is 7. The topological polar surface area (TPSA) is 384 Å². The summed E-state index contributed by atoms with van der Waals surface area (Å²) in [6.45, 7) is 12.6. The normalized spacial score (nSPS) is 13.4. The van der Waals surface area contributed by atoms with Gasteiger partial charge in [-0.2, -0.15) is 31.4 Å². The van der Waals surface area contributed by atoms with Gasteiger partial charge >= 0.3 is 18.3 Å². The molecule has 716 valence electrons. The number of anilines is 4. The van der Waals surface area contributed by atoms with Crippen LogP contribution in [-0.4, -0.2) is 142 Å². The van der Waals surface area contributed by atoms with Crippen molar-refractivity contribution in [2.75, 3.05) is 50.5 Å². The third kappa shape index (κ3) is 18.6. The van der Waals surface area contributed by atoms with Crippen LogP contribution in [0.2, 0.25) is 0 Å². The van der Waals surface area contributed by atoms with Crippen molar-refractivity contribution in [1.29, 1.82) is 0 Å². The number of hydrogen-bond donors (Lipinski definition) is 3. The summed E-state index contributed by atoms with van der Waals surface area (Å²) < 4.78 is 216. The highest BCUT2D eigenvalue weighted by Gasteiger charge is 2.41. The minimum Gasteiger partial charge on any atom is -0.465 e. The lowest BCUT2D eigenvalue weighted by molar-refractivity contribution is -0.138. The molecule has 0 fully saturated rings. The van der Waals surface area contributed by atoms with Gasteiger partial charge in [0.2, 0.25) is 0 Å². The van der Waals surface area contributed by atoms with Crippen molar-refractivity contribution in [3.8, 4) is 68.0 Å². The fraction of sp³-hybridized carbons (Fsp3) is 0.198. The first kappa shape index (κ1) is 97.0. The molecule has 139 heavy (non-hydrogen) atoms. The Bertz CT molecular complexity index is 8150. The van der Waals surface area contributed by atoms with E-state index in [4.69, 9.17) is 4.74 Å². The number of aromatic nitrogens is 14. The molecule has 31 nitrogen and oxygen atoms in total. The Morgan fingerprint density at radius 1 is 0.417 bits per heavy atom. The van der Waals surface area contributed by atoms with Crippen LogP contribution in [0.5, 0.6) is 0 Å². The molecule has 16 aromatic rings. The standard InChI is InChI=1S/C24H20F3N5O3S.C24H20F3N5O2S.C24H21FN4O3S.C23H20N4O5S2.CH4/c1-14-5-7-17(8-6-14)36(34,35)31-11-9-19-21(18-4-3-10-28-22(18)31)30-32(23(19)33)20-13-16(24(25,26)27)12-15(2)29-20;1-15-5-8-18(9-6-15)35(33,34)31-13-11-19-16(2)32(21-10-7-17(14-29-21)24(25,26)27)30-22(19)20-4-3-12-28-23(20)31;1-15-5-7-19(8-6-15)33(31,32)28-11-9-21-22(20-4-3-10-26-23(20)28)27-29(24(21)30)18-13-16(2)12-17(25)14-18;1-14-5-7-15(8-6-14)34(30,31)26-12-9-17-19(16-4-3-11-24-21(16)26)25-27(22(17)28)18-10-13-33-20(18)23(29)32-2;/h3-8,10,12-13,30H,9,11H2,1-2H3;3-10,12,14H,11,13H2,1-2H3;3-8,10,12-14,27H,9,11H2,1-2H3;3-8,10-11,13,25H,9,12H2,1-2H3;1H4. The molecule has 20 rings (SSSR count). The molecular formula is C96H85F7N18O13S5. The van der Waals surface area contributed by atoms with Crippen LogP contribution in [0, 0.1) is 54.3 Å². The van der Waals surface area contributed by atoms with E-state index in [0.29, 0.717) is 79.5 Å². The average molecular weight is 1990 g/mol. The zero-order valence-corrected chi connectivity index (χ0v) is 78.4. The van der Waals surface area contributed by atoms with Gasteiger partial charge in [0.25, 0.3) is 56.8 Å². The van der Waals surface area contributed by atoms with Crippen LogP contribution >= 0.6 is 11.3 Å². The predicted molar refractivity (Wildman–Crippen MR) is 509 cm³/mol. The monoisotopic (exact) mass is 1990 g/mol. The molecular weight excluding hydrogens is 1910 g/mol. The van der Waals surface area contributed by atoms with Crippen molar-refractivity contribution >= 4 is 80.7 Å². The van der Waals surface area contributed by atoms with Gasteiger partial charge in [0.1, 0.15) is 16.4 Å². The van der Waals surface area contributed by atoms with Gasteiger partial charge in [-0.15, -0.1) is 11.3 Å². The number of alkyl halides is 6. The zero-order valence-electron chi connectivity index (χ0n) is 74.3. The number of ether oxygens (including phenoxy) is 1. The van der Waals surface area contributed by atoms with Crippen LogP contribution < -0.4 is 33.9 Å². The van der Waals surface area contributed by atoms with Crippen molar-refractivity contribution in [3.05, 3.63) is 345 Å². The minimum atomic E-state index is -4.61. The number of nitrogens with zero attached hydrogens (tertiary/aromatic N) is 15. The molecule has 0 amide bonds. The highest BCUT2D eigenvalue weighted by molar-refractivity contribution is 7.93. The van der Waals surface area contributed by atoms with Crippen molar-refractivity contribution in [1.82, 2.24) is 69.0 Å². The lowest BCUT2D eigenvalue weighted by Gasteiger charge is -2.23. The number of fused-ring (bicyclic) bond motifs is 12. The molecule has 0 spiro atoms. The van der Waals surface area contributed by atoms with E-state index in [1.54, 1.807) is 165 Å². The van der Waals surface area contributed by atoms with Crippen LogP contribution in [0.1, 0.15) is 89.7 Å². The molecule has 15 heterocycles. The number of thiophene rings is 1. The van der Waals surface area contributed by atoms with E-state index in [9.17, 15) is 83.6 Å². The second kappa shape index (κ2) is 37.8. The number of methoxy groups -OCH3 is 1. The number of H-pyrrole nitrogens is 3. The maximum Gasteiger partial charge on any atom is 0.417 e. The number of rotatable bonds is 13. The van der Waals surface area contributed by atoms with E-state index in [1.807, 2.05) is 27.7 Å². The number of nitrogens with one attached hydrogen (secondary N) is 3. The summed E-state index contributed by atoms with van der Waals surface area (Å²) in [6, 6.07) is 49.6. The van der Waals surface area contributed by atoms with E-state index in [2.05, 4.69) is 50.3 Å². The maximum atomic E-state index is 14.0. The summed E-state index contributed by atoms with van der Waals surface area (Å²) in [5.74, 6) is -0.143. The average Bonchev–Trinajstić information content (AvgIpc) is 1.61. The van der Waals surface area contributed by atoms with Crippen molar-refractivity contribution in [2.24, 2.45) is 0 Å². The van der Waals surface area contributed by atoms with E-state index in [0.717, 1.165) is 61.2 Å². The maximum absolute atomic E-state index is 14.0. The first-order chi connectivity index (χ1) is 65.6. The predicted octanol–water partition coefficient (Wildman–Crippen LogP) is 16.2. The summed E-state index contributed by atoms with van der Waals surface area (Å²) in [5, 5.41) is 15.3. The first-order valence-electron chi connectivity index (χ1n) is 42.4. The summed E-state index contributed by atoms with van der Waals surface area (Å²) in [6.07, 6.45) is -1.65. The Morgan fingerprint density at radius 3 is 1.19 bits per heavy atom. The van der Waals surface area contributed by atoms with Crippen LogP contribution in [-0.2, 0) is 82.9 Å². The zero-order chi connectivity index (χ0) is 98.1. The molecule has 43 heteroatoms. The number of aryl methyl sites for hydroxylation is 6. The van der Waals surface area contributed by atoms with E-state index in [-0.39, 0.29) is 140 Å². The second-order valence-corrected chi connectivity index (χ2v) is 40.9. The van der Waals surface area contributed by atoms with Gasteiger partial charge in [-0.1, -0.05) is 78.2 Å². The molecule has 11 aromatic heterocycles. The van der Waals surface area contributed by atoms with Gasteiger partial charge in [-0.05, 0) is 231 Å². The number of esters is 1. The van der Waals surface area contributed by atoms with E-state index >= 15 is 0 Å². The van der Waals surface area contributed by atoms with E-state index < -0.39 is 80.9 Å². The molecule has 0 unspecified atom stereocenters. The third-order valence-electron chi connectivity index (χ3n) is 23.4. The third-order valence-corrected chi connectivity index (χ3v) is 31.5. The van der Waals surface area contributed by atoms with Gasteiger partial charge in [0.05, 0.1) is 66.3 Å². The van der Waals surface area contributed by atoms with Gasteiger partial charge < -0.3 is 4.74 Å². The molecule has 4 aliphatic heterocycles. The minimum absolute atomic E-state index is 0. The summed E-state index contributed by atoms with van der Waals surface area (Å²) in [4.78, 5) is 78.5. The van der Waals surface area contributed by atoms with Crippen LogP contribution in [0.15, 0.2) is 264 Å². The number of carbonyl (C=O) groups excluding carboxylic acids is 1. The fourth-order valence-corrected chi connectivity index (χ4v) is 23.0. The van der Waals surface area contributed by atoms with Crippen LogP contribution in [0.3, 0.4) is 0 Å². The van der Waals surface area contributed by atoms with Crippen molar-refractivity contribution < 1.29 is 73.9 Å². The highest BCUT2D eigenvalue weighted by atomic mass is 32.2. The first-order valence-corrected chi connectivity index (χ1v) is 49.1. The number of aromatic amines is 3. The highest BCUT2D eigenvalue weighted by Crippen LogP contribution is 2.44. The molecule has 3 N–H and O–H groups in total. The molecule has 0 radical (unpaired) electrons. The van der Waals surface area contributed by atoms with Gasteiger partial charge in [-0.25, -0.2) is 109 Å². The lowest BCUT2D eigenvalue weighted by atomic mass is 10.1. The molecule has 4 aliphatic rings. The molecule has 0 atom stereocenters. The Labute approximate surface area is 795 Å². The molecule has 5 aromatic carbocycles. The van der Waals surface area contributed by atoms with Gasteiger partial charge in [0.15, 0.2) is 34.9 Å². The Hall–Kier alpha value is -15.1. The summed E-state index contributed by atoms with van der Waals surface area (Å²) >= 11 is 1.17. The van der Waals surface area contributed by atoms with Crippen molar-refractivity contribution in [2.45, 2.75) is 114 Å². The lowest BCUT2D eigenvalue weighted by Crippen LogP contribution is -2.34. The smallest absolute Gasteiger partial charge is 0.417 e. The molecule has 0 saturated carbocycles. The SMILES string of the molecule is C.COC(=O)c1sccc1-n1[nH]c2c(c1=O)CCN(S(=O)(=O)c1ccc(C)cc1)c1ncccc1-2.Cc1ccc(S(=O)(=O)N2CCc3c([nH]n(-c4cc(C(F)(F)F)cc(C)n4)c3=O)-c3cccnc32)cc1.Cc1ccc(S(=O)(=O)N2CCc3c([nH]n(-c4cc(C)cc(F)c4)c3=O)-c3cccnc32)cc1.Cc1ccc(S(=O)(=O)N2CCc3c(nn(-c4ccc(C(F)(F)F)cn4)c3C)-c3cccnc32)cc1. The summed E-state index contributed by atoms with van der Waals surface area (Å²) in [5.41, 5.74) is 8.25. The quantitative estimate of drug-likeness (QED) is 0.0713. The Kier molecular flexibility index (Phi) is 26.4. The molecule has 0 bridgehead atoms. The van der Waals surface area contributed by atoms with Crippen LogP contribution in [0.25, 0.3) is 68.0 Å². The number of benzene rings is 5. The Morgan fingerprint density at radius 2 is 0.799 bits per heavy atom. The second-order valence-electron chi connectivity index (χ2n) is 32.6. The number of hydrogen-bond acceptors (Lipinski definition) is 21. The van der Waals surface area contributed by atoms with Crippen molar-refractivity contribution in [3.63, 3.8) is 0 Å². The largest absolute Gasteiger partial charge is 0.465 e. The van der Waals surface area contributed by atoms with E-state index in [1.165, 1.54) is 107 Å². The van der Waals surface area contributed by atoms with Gasteiger partial charge in [0, 0.05) is 113 Å². The Balaban J connectivity index is 0.000000134. The number of pyridine rings is 6. The number of carbonyl (C=O) groups is 1. The number of sulfonamides is 4. The van der Waals surface area contributed by atoms with Gasteiger partial charge in [-0.3, -0.25) is 29.7 Å². The summed E-state index contributed by atoms with van der Waals surface area (Å²) in [7, 11) is -14.4. The molecule has 0 aliphatic carbocycles.